The van der Waals surface area contributed by atoms with Gasteiger partial charge < -0.3 is 9.72 Å². The van der Waals surface area contributed by atoms with E-state index in [-0.39, 0.29) is 5.91 Å². The normalized spacial score (nSPS) is 11.0. The van der Waals surface area contributed by atoms with Crippen molar-refractivity contribution in [3.05, 3.63) is 30.2 Å². The standard InChI is InChI=1S/C12H15N3O/c1-8(2)11-7-15-6-10(13-9(3)16)4-5-12(15)14-11/h4-8H,1-3H3,(H,13,16). The van der Waals surface area contributed by atoms with Gasteiger partial charge in [0.15, 0.2) is 0 Å². The number of hydrogen-bond donors (Lipinski definition) is 1. The quantitative estimate of drug-likeness (QED) is 0.839. The Balaban J connectivity index is 2.41. The summed E-state index contributed by atoms with van der Waals surface area (Å²) in [4.78, 5) is 15.4. The zero-order valence-corrected chi connectivity index (χ0v) is 9.69. The molecule has 0 saturated carbocycles. The van der Waals surface area contributed by atoms with Crippen molar-refractivity contribution in [3.63, 3.8) is 0 Å². The Morgan fingerprint density at radius 2 is 2.12 bits per heavy atom. The zero-order valence-electron chi connectivity index (χ0n) is 9.69. The van der Waals surface area contributed by atoms with Gasteiger partial charge in [-0.3, -0.25) is 4.79 Å². The van der Waals surface area contributed by atoms with E-state index in [1.165, 1.54) is 6.92 Å². The molecule has 0 radical (unpaired) electrons. The molecule has 0 atom stereocenters. The molecule has 1 N–H and O–H groups in total. The molecule has 4 nitrogen and oxygen atoms in total. The topological polar surface area (TPSA) is 46.4 Å². The van der Waals surface area contributed by atoms with E-state index in [0.717, 1.165) is 17.0 Å². The molecule has 84 valence electrons. The maximum atomic E-state index is 10.9. The van der Waals surface area contributed by atoms with Gasteiger partial charge in [-0.2, -0.15) is 0 Å². The number of carbonyl (C=O) groups excluding carboxylic acids is 1. The second-order valence-electron chi connectivity index (χ2n) is 4.18. The summed E-state index contributed by atoms with van der Waals surface area (Å²) in [7, 11) is 0. The number of carbonyl (C=O) groups is 1. The molecule has 0 aromatic carbocycles. The van der Waals surface area contributed by atoms with Gasteiger partial charge in [-0.15, -0.1) is 0 Å². The summed E-state index contributed by atoms with van der Waals surface area (Å²) in [5.74, 6) is 0.340. The van der Waals surface area contributed by atoms with E-state index in [4.69, 9.17) is 0 Å². The van der Waals surface area contributed by atoms with Crippen LogP contribution in [-0.4, -0.2) is 15.3 Å². The molecule has 0 aliphatic rings. The monoisotopic (exact) mass is 217 g/mol. The van der Waals surface area contributed by atoms with Gasteiger partial charge in [-0.05, 0) is 18.1 Å². The van der Waals surface area contributed by atoms with Crippen molar-refractivity contribution in [2.45, 2.75) is 26.7 Å². The largest absolute Gasteiger partial charge is 0.325 e. The van der Waals surface area contributed by atoms with Gasteiger partial charge in [0.25, 0.3) is 0 Å². The average molecular weight is 217 g/mol. The molecule has 2 rings (SSSR count). The van der Waals surface area contributed by atoms with Crippen LogP contribution in [0.3, 0.4) is 0 Å². The fourth-order valence-corrected chi connectivity index (χ4v) is 1.57. The summed E-state index contributed by atoms with van der Waals surface area (Å²) >= 11 is 0. The maximum absolute atomic E-state index is 10.9. The number of fused-ring (bicyclic) bond motifs is 1. The molecule has 0 unspecified atom stereocenters. The van der Waals surface area contributed by atoms with Crippen LogP contribution < -0.4 is 5.32 Å². The van der Waals surface area contributed by atoms with E-state index in [0.29, 0.717) is 5.92 Å². The van der Waals surface area contributed by atoms with Crippen LogP contribution in [0.1, 0.15) is 32.4 Å². The number of nitrogens with zero attached hydrogens (tertiary/aromatic N) is 2. The molecular weight excluding hydrogens is 202 g/mol. The molecule has 0 saturated heterocycles. The number of pyridine rings is 1. The number of anilines is 1. The lowest BCUT2D eigenvalue weighted by Gasteiger charge is -2.01. The number of nitrogens with one attached hydrogen (secondary N) is 1. The summed E-state index contributed by atoms with van der Waals surface area (Å²) < 4.78 is 1.93. The van der Waals surface area contributed by atoms with Gasteiger partial charge >= 0.3 is 0 Å². The van der Waals surface area contributed by atoms with Gasteiger partial charge in [0.2, 0.25) is 5.91 Å². The summed E-state index contributed by atoms with van der Waals surface area (Å²) in [5.41, 5.74) is 2.74. The summed E-state index contributed by atoms with van der Waals surface area (Å²) in [6.45, 7) is 5.71. The van der Waals surface area contributed by atoms with Crippen molar-refractivity contribution < 1.29 is 4.79 Å². The molecule has 0 spiro atoms. The number of rotatable bonds is 2. The van der Waals surface area contributed by atoms with Crippen LogP contribution in [0.25, 0.3) is 5.65 Å². The zero-order chi connectivity index (χ0) is 11.7. The Morgan fingerprint density at radius 3 is 2.75 bits per heavy atom. The molecule has 0 bridgehead atoms. The van der Waals surface area contributed by atoms with E-state index in [2.05, 4.69) is 24.1 Å². The molecule has 0 fully saturated rings. The number of hydrogen-bond acceptors (Lipinski definition) is 2. The van der Waals surface area contributed by atoms with Crippen LogP contribution in [-0.2, 0) is 4.79 Å². The van der Waals surface area contributed by atoms with Crippen molar-refractivity contribution in [2.75, 3.05) is 5.32 Å². The minimum Gasteiger partial charge on any atom is -0.325 e. The molecule has 4 heteroatoms. The lowest BCUT2D eigenvalue weighted by Crippen LogP contribution is -2.06. The number of aromatic nitrogens is 2. The van der Waals surface area contributed by atoms with Gasteiger partial charge in [0, 0.05) is 19.3 Å². The van der Waals surface area contributed by atoms with Crippen molar-refractivity contribution in [3.8, 4) is 0 Å². The first-order valence-electron chi connectivity index (χ1n) is 5.32. The van der Waals surface area contributed by atoms with Crippen LogP contribution >= 0.6 is 0 Å². The van der Waals surface area contributed by atoms with Gasteiger partial charge in [0.1, 0.15) is 5.65 Å². The Bertz CT molecular complexity index is 528. The van der Waals surface area contributed by atoms with E-state index in [1.807, 2.05) is 28.9 Å². The Hall–Kier alpha value is -1.84. The van der Waals surface area contributed by atoms with Crippen LogP contribution in [0.2, 0.25) is 0 Å². The Kier molecular flexibility index (Phi) is 2.64. The van der Waals surface area contributed by atoms with Crippen LogP contribution in [0.15, 0.2) is 24.5 Å². The van der Waals surface area contributed by atoms with Gasteiger partial charge in [0.05, 0.1) is 11.4 Å². The molecule has 1 amide bonds. The fraction of sp³-hybridized carbons (Fsp3) is 0.333. The summed E-state index contributed by atoms with van der Waals surface area (Å²) in [6, 6.07) is 3.75. The second kappa shape index (κ2) is 3.96. The van der Waals surface area contributed by atoms with Crippen LogP contribution in [0, 0.1) is 0 Å². The highest BCUT2D eigenvalue weighted by Gasteiger charge is 2.05. The van der Waals surface area contributed by atoms with Crippen LogP contribution in [0.4, 0.5) is 5.69 Å². The lowest BCUT2D eigenvalue weighted by molar-refractivity contribution is -0.114. The predicted molar refractivity (Wildman–Crippen MR) is 63.6 cm³/mol. The summed E-state index contributed by atoms with van der Waals surface area (Å²) in [5, 5.41) is 2.75. The first kappa shape index (κ1) is 10.7. The lowest BCUT2D eigenvalue weighted by atomic mass is 10.2. The maximum Gasteiger partial charge on any atom is 0.221 e. The first-order chi connectivity index (χ1) is 7.56. The van der Waals surface area contributed by atoms with Gasteiger partial charge in [-0.1, -0.05) is 13.8 Å². The van der Waals surface area contributed by atoms with Crippen molar-refractivity contribution in [2.24, 2.45) is 0 Å². The molecular formula is C12H15N3O. The summed E-state index contributed by atoms with van der Waals surface area (Å²) in [6.07, 6.45) is 3.86. The molecule has 0 aliphatic carbocycles. The molecule has 0 aliphatic heterocycles. The fourth-order valence-electron chi connectivity index (χ4n) is 1.57. The van der Waals surface area contributed by atoms with E-state index in [1.54, 1.807) is 0 Å². The Morgan fingerprint density at radius 1 is 1.38 bits per heavy atom. The van der Waals surface area contributed by atoms with E-state index >= 15 is 0 Å². The molecule has 16 heavy (non-hydrogen) atoms. The van der Waals surface area contributed by atoms with E-state index in [9.17, 15) is 4.79 Å². The second-order valence-corrected chi connectivity index (χ2v) is 4.18. The number of amides is 1. The highest BCUT2D eigenvalue weighted by atomic mass is 16.1. The highest BCUT2D eigenvalue weighted by molar-refractivity contribution is 5.88. The smallest absolute Gasteiger partial charge is 0.221 e. The highest BCUT2D eigenvalue weighted by Crippen LogP contribution is 2.16. The van der Waals surface area contributed by atoms with Gasteiger partial charge in [-0.25, -0.2) is 4.98 Å². The van der Waals surface area contributed by atoms with E-state index < -0.39 is 0 Å². The third-order valence-corrected chi connectivity index (χ3v) is 2.38. The first-order valence-corrected chi connectivity index (χ1v) is 5.32. The minimum absolute atomic E-state index is 0.0662. The average Bonchev–Trinajstić information content (AvgIpc) is 2.59. The third kappa shape index (κ3) is 2.05. The number of imidazole rings is 1. The van der Waals surface area contributed by atoms with Crippen molar-refractivity contribution in [1.82, 2.24) is 9.38 Å². The third-order valence-electron chi connectivity index (χ3n) is 2.38. The SMILES string of the molecule is CC(=O)Nc1ccc2nc(C(C)C)cn2c1. The van der Waals surface area contributed by atoms with Crippen molar-refractivity contribution >= 4 is 17.2 Å². The predicted octanol–water partition coefficient (Wildman–Crippen LogP) is 2.42. The van der Waals surface area contributed by atoms with Crippen molar-refractivity contribution in [1.29, 1.82) is 0 Å². The van der Waals surface area contributed by atoms with Crippen LogP contribution in [0.5, 0.6) is 0 Å². The molecule has 2 aromatic rings. The molecule has 2 heterocycles. The Labute approximate surface area is 94.3 Å². The minimum atomic E-state index is -0.0662. The molecule has 2 aromatic heterocycles.